The van der Waals surface area contributed by atoms with E-state index in [1.165, 1.54) is 51.1 Å². The first-order chi connectivity index (χ1) is 25.3. The number of carbonyl (C=O) groups is 2. The Kier molecular flexibility index (Phi) is 10.4. The number of carbonyl (C=O) groups excluding carboxylic acids is 2. The monoisotopic (exact) mass is 774 g/mol. The van der Waals surface area contributed by atoms with E-state index in [2.05, 4.69) is 20.2 Å². The highest BCUT2D eigenvalue weighted by Crippen LogP contribution is 2.46. The molecule has 54 heavy (non-hydrogen) atoms. The van der Waals surface area contributed by atoms with E-state index >= 15 is 8.78 Å². The zero-order chi connectivity index (χ0) is 39.3. The molecule has 1 fully saturated rings. The van der Waals surface area contributed by atoms with E-state index in [1.54, 1.807) is 32.3 Å². The molecule has 17 heteroatoms. The third-order valence-electron chi connectivity index (χ3n) is 9.84. The van der Waals surface area contributed by atoms with Gasteiger partial charge < -0.3 is 10.5 Å². The van der Waals surface area contributed by atoms with Crippen LogP contribution in [0.4, 0.5) is 22.0 Å². The fraction of sp³-hybridized carbons (Fsp3) is 0.459. The van der Waals surface area contributed by atoms with Crippen molar-refractivity contribution in [1.29, 1.82) is 0 Å². The van der Waals surface area contributed by atoms with E-state index in [9.17, 15) is 22.8 Å². The number of ether oxygens (including phenoxy) is 1. The van der Waals surface area contributed by atoms with Gasteiger partial charge in [0.05, 0.1) is 29.7 Å². The highest BCUT2D eigenvalue weighted by Gasteiger charge is 2.55. The minimum atomic E-state index is -3.08. The highest BCUT2D eigenvalue weighted by molar-refractivity contribution is 6.33. The Morgan fingerprint density at radius 1 is 1.09 bits per heavy atom. The number of alkyl halides is 4. The largest absolute Gasteiger partial charge is 0.463 e. The number of aliphatic imine (C=N–C) groups is 1. The molecular formula is C37H40ClF5N8O3. The molecule has 0 bridgehead atoms. The fourth-order valence-electron chi connectivity index (χ4n) is 6.51. The molecule has 3 heterocycles. The first kappa shape index (κ1) is 38.9. The number of esters is 1. The number of guanidine groups is 1. The zero-order valence-electron chi connectivity index (χ0n) is 30.2. The van der Waals surface area contributed by atoms with Crippen LogP contribution in [0.25, 0.3) is 22.5 Å². The molecule has 11 nitrogen and oxygen atoms in total. The summed E-state index contributed by atoms with van der Waals surface area (Å²) in [4.78, 5) is 37.3. The molecule has 1 saturated carbocycles. The molecule has 4 aromatic rings. The number of nitrogens with two attached hydrogens (primary N) is 1. The molecule has 2 aromatic carbocycles. The number of nitrogens with zero attached hydrogens (tertiary/aromatic N) is 7. The van der Waals surface area contributed by atoms with E-state index in [0.717, 1.165) is 24.1 Å². The molecule has 3 atom stereocenters. The van der Waals surface area contributed by atoms with Crippen molar-refractivity contribution in [3.05, 3.63) is 77.1 Å². The molecule has 2 N–H and O–H groups in total. The Balaban J connectivity index is 1.42. The average molecular weight is 775 g/mol. The number of benzene rings is 2. The molecule has 2 aliphatic rings. The summed E-state index contributed by atoms with van der Waals surface area (Å²) in [5.74, 6) is -3.37. The second-order valence-corrected chi connectivity index (χ2v) is 15.5. The third kappa shape index (κ3) is 7.70. The second kappa shape index (κ2) is 14.4. The molecule has 1 aliphatic carbocycles. The fourth-order valence-corrected chi connectivity index (χ4v) is 6.72. The molecule has 1 unspecified atom stereocenters. The van der Waals surface area contributed by atoms with Crippen LogP contribution >= 0.6 is 11.6 Å². The van der Waals surface area contributed by atoms with Gasteiger partial charge in [-0.25, -0.2) is 23.1 Å². The predicted molar refractivity (Wildman–Crippen MR) is 190 cm³/mol. The molecule has 1 amide bonds. The van der Waals surface area contributed by atoms with Crippen LogP contribution in [0.1, 0.15) is 90.1 Å². The predicted octanol–water partition coefficient (Wildman–Crippen LogP) is 7.88. The summed E-state index contributed by atoms with van der Waals surface area (Å²) < 4.78 is 81.8. The minimum absolute atomic E-state index is 0.00386. The van der Waals surface area contributed by atoms with Gasteiger partial charge in [-0.15, -0.1) is 0 Å². The van der Waals surface area contributed by atoms with E-state index in [4.69, 9.17) is 22.1 Å². The topological polar surface area (TPSA) is 134 Å². The summed E-state index contributed by atoms with van der Waals surface area (Å²) >= 11 is 6.44. The zero-order valence-corrected chi connectivity index (χ0v) is 31.0. The Labute approximate surface area is 313 Å². The lowest BCUT2D eigenvalue weighted by Gasteiger charge is -2.34. The summed E-state index contributed by atoms with van der Waals surface area (Å²) in [5, 5.41) is 7.92. The molecule has 0 saturated heterocycles. The van der Waals surface area contributed by atoms with Crippen LogP contribution in [0.2, 0.25) is 5.02 Å². The Bertz CT molecular complexity index is 2090. The van der Waals surface area contributed by atoms with Crippen LogP contribution in [0.3, 0.4) is 0 Å². The van der Waals surface area contributed by atoms with Gasteiger partial charge in [0.15, 0.2) is 17.3 Å². The van der Waals surface area contributed by atoms with Crippen LogP contribution in [0, 0.1) is 11.2 Å². The van der Waals surface area contributed by atoms with Crippen molar-refractivity contribution in [3.8, 4) is 22.5 Å². The average Bonchev–Trinajstić information content (AvgIpc) is 3.49. The van der Waals surface area contributed by atoms with Crippen molar-refractivity contribution in [1.82, 2.24) is 29.4 Å². The third-order valence-corrected chi connectivity index (χ3v) is 10.2. The van der Waals surface area contributed by atoms with E-state index in [1.807, 2.05) is 4.68 Å². The SMILES string of the molecule is CC(F)C(C)(C)CC(=O)OC[C@H](c1ccc(Cl)c(-c2ncnn2C(F)F)c1)N1C(=O)[C@@](CC(C)(C)F)(c2ccc(-c3cnn(C4CC4)c3)cc2F)N=C1N. The van der Waals surface area contributed by atoms with Crippen LogP contribution < -0.4 is 5.73 Å². The lowest BCUT2D eigenvalue weighted by molar-refractivity contribution is -0.150. The van der Waals surface area contributed by atoms with Gasteiger partial charge in [0.25, 0.3) is 5.91 Å². The molecule has 0 radical (unpaired) electrons. The number of halogens is 6. The van der Waals surface area contributed by atoms with Crippen LogP contribution in [0.5, 0.6) is 0 Å². The number of amides is 1. The maximum atomic E-state index is 16.3. The van der Waals surface area contributed by atoms with Crippen molar-refractivity contribution in [2.24, 2.45) is 16.1 Å². The maximum absolute atomic E-state index is 16.3. The van der Waals surface area contributed by atoms with Crippen molar-refractivity contribution >= 4 is 29.4 Å². The highest BCUT2D eigenvalue weighted by atomic mass is 35.5. The number of aromatic nitrogens is 5. The smallest absolute Gasteiger partial charge is 0.335 e. The van der Waals surface area contributed by atoms with Crippen molar-refractivity contribution in [3.63, 3.8) is 0 Å². The molecule has 0 spiro atoms. The lowest BCUT2D eigenvalue weighted by Crippen LogP contribution is -2.48. The summed E-state index contributed by atoms with van der Waals surface area (Å²) in [5.41, 5.74) is 2.07. The Morgan fingerprint density at radius 3 is 2.44 bits per heavy atom. The first-order valence-corrected chi connectivity index (χ1v) is 17.7. The maximum Gasteiger partial charge on any atom is 0.335 e. The lowest BCUT2D eigenvalue weighted by atomic mass is 9.80. The molecule has 6 rings (SSSR count). The van der Waals surface area contributed by atoms with Gasteiger partial charge in [-0.3, -0.25) is 19.2 Å². The van der Waals surface area contributed by atoms with Gasteiger partial charge in [0.2, 0.25) is 0 Å². The van der Waals surface area contributed by atoms with Gasteiger partial charge >= 0.3 is 12.5 Å². The standard InChI is InChI=1S/C37H40ClF5N8O3/c1-20(39)35(2,3)14-30(52)54-17-29(22-7-11-27(38)25(12-22)31-45-19-47-51(31)33(41)42)50-32(53)37(48-34(50)44,18-36(4,5)43)26-10-6-21(13-28(26)40)23-15-46-49(16-23)24-8-9-24/h6-7,10-13,15-16,19-20,24,29,33H,8-9,14,17-18H2,1-5H3,(H2,44,48)/t20?,29-,37-/m1/s1. The minimum Gasteiger partial charge on any atom is -0.463 e. The summed E-state index contributed by atoms with van der Waals surface area (Å²) in [7, 11) is 0. The van der Waals surface area contributed by atoms with Gasteiger partial charge in [0, 0.05) is 34.7 Å². The summed E-state index contributed by atoms with van der Waals surface area (Å²) in [6.45, 7) is 3.15. The Morgan fingerprint density at radius 2 is 1.81 bits per heavy atom. The van der Waals surface area contributed by atoms with Crippen molar-refractivity contribution in [2.45, 2.75) is 96.3 Å². The van der Waals surface area contributed by atoms with Crippen molar-refractivity contribution in [2.75, 3.05) is 6.61 Å². The molecular weight excluding hydrogens is 735 g/mol. The number of rotatable bonds is 14. The van der Waals surface area contributed by atoms with Gasteiger partial charge in [-0.2, -0.15) is 23.7 Å². The van der Waals surface area contributed by atoms with Crippen LogP contribution in [0.15, 0.2) is 60.1 Å². The second-order valence-electron chi connectivity index (χ2n) is 15.1. The number of hydrogen-bond acceptors (Lipinski definition) is 8. The number of hydrogen-bond donors (Lipinski definition) is 1. The van der Waals surface area contributed by atoms with Gasteiger partial charge in [-0.05, 0) is 62.9 Å². The van der Waals surface area contributed by atoms with Gasteiger partial charge in [-0.1, -0.05) is 43.6 Å². The Hall–Kier alpha value is -4.86. The van der Waals surface area contributed by atoms with Crippen molar-refractivity contribution < 1.29 is 36.3 Å². The molecule has 288 valence electrons. The summed E-state index contributed by atoms with van der Waals surface area (Å²) in [6.07, 6.45) is 3.97. The van der Waals surface area contributed by atoms with Crippen LogP contribution in [-0.2, 0) is 19.9 Å². The normalized spacial score (nSPS) is 19.0. The summed E-state index contributed by atoms with van der Waals surface area (Å²) in [6, 6.07) is 7.25. The van der Waals surface area contributed by atoms with E-state index in [-0.39, 0.29) is 34.0 Å². The van der Waals surface area contributed by atoms with Gasteiger partial charge in [0.1, 0.15) is 30.6 Å². The van der Waals surface area contributed by atoms with E-state index in [0.29, 0.717) is 21.9 Å². The molecule has 2 aromatic heterocycles. The van der Waals surface area contributed by atoms with Crippen LogP contribution in [-0.4, -0.2) is 65.7 Å². The quantitative estimate of drug-likeness (QED) is 0.102. The first-order valence-electron chi connectivity index (χ1n) is 17.3. The van der Waals surface area contributed by atoms with E-state index < -0.39 is 72.1 Å². The molecule has 1 aliphatic heterocycles.